The van der Waals surface area contributed by atoms with Crippen molar-refractivity contribution in [3.05, 3.63) is 17.5 Å². The van der Waals surface area contributed by atoms with Gasteiger partial charge in [-0.25, -0.2) is 0 Å². The lowest BCUT2D eigenvalue weighted by molar-refractivity contribution is -0.118. The summed E-state index contributed by atoms with van der Waals surface area (Å²) in [5, 5.41) is 4.33. The van der Waals surface area contributed by atoms with Crippen LogP contribution < -0.4 is 5.73 Å². The lowest BCUT2D eigenvalue weighted by atomic mass is 10.1. The Balaban J connectivity index is 1.95. The van der Waals surface area contributed by atoms with E-state index in [4.69, 9.17) is 5.73 Å². The van der Waals surface area contributed by atoms with Crippen molar-refractivity contribution in [3.8, 4) is 0 Å². The van der Waals surface area contributed by atoms with Crippen LogP contribution in [0.25, 0.3) is 0 Å². The number of carbonyl (C=O) groups is 1. The van der Waals surface area contributed by atoms with Crippen LogP contribution in [0.4, 0.5) is 0 Å². The van der Waals surface area contributed by atoms with Crippen molar-refractivity contribution in [2.45, 2.75) is 19.1 Å². The topological polar surface area (TPSA) is 76.5 Å². The molecule has 15 heavy (non-hydrogen) atoms. The highest BCUT2D eigenvalue weighted by Crippen LogP contribution is 2.31. The molecule has 78 valence electrons. The average molecular weight is 205 g/mol. The quantitative estimate of drug-likeness (QED) is 0.691. The summed E-state index contributed by atoms with van der Waals surface area (Å²) >= 11 is 0. The molecular formula is C9H11N5O. The van der Waals surface area contributed by atoms with Gasteiger partial charge in [-0.2, -0.15) is 5.10 Å². The third-order valence-corrected chi connectivity index (χ3v) is 2.72. The molecule has 6 nitrogen and oxygen atoms in total. The number of aliphatic imine (C=N–C) groups is 1. The van der Waals surface area contributed by atoms with E-state index in [0.29, 0.717) is 0 Å². The third-order valence-electron chi connectivity index (χ3n) is 2.72. The largest absolute Gasteiger partial charge is 0.368 e. The van der Waals surface area contributed by atoms with Gasteiger partial charge in [-0.05, 0) is 0 Å². The maximum Gasteiger partial charge on any atom is 0.239 e. The van der Waals surface area contributed by atoms with Crippen molar-refractivity contribution in [1.29, 1.82) is 0 Å². The molecule has 1 atom stereocenters. The van der Waals surface area contributed by atoms with Crippen molar-refractivity contribution in [1.82, 2.24) is 14.7 Å². The summed E-state index contributed by atoms with van der Waals surface area (Å²) in [6.45, 7) is 1.85. The number of nitrogens with two attached hydrogens (primary N) is 1. The van der Waals surface area contributed by atoms with Gasteiger partial charge in [0.15, 0.2) is 0 Å². The van der Waals surface area contributed by atoms with Crippen LogP contribution in [0.3, 0.4) is 0 Å². The van der Waals surface area contributed by atoms with Gasteiger partial charge in [0.25, 0.3) is 0 Å². The molecule has 1 unspecified atom stereocenters. The second-order valence-corrected chi connectivity index (χ2v) is 3.90. The van der Waals surface area contributed by atoms with Crippen molar-refractivity contribution in [2.24, 2.45) is 10.7 Å². The van der Waals surface area contributed by atoms with Crippen LogP contribution in [0.5, 0.6) is 0 Å². The molecule has 2 aliphatic rings. The standard InChI is InChI=1S/C9H11N5O/c10-9(15)4-14-1-6-7-2-13(5-11-7)3-8(6)12-14/h1,5,7H,2-4H2,(H2,10,15). The minimum Gasteiger partial charge on any atom is -0.368 e. The highest BCUT2D eigenvalue weighted by atomic mass is 16.1. The van der Waals surface area contributed by atoms with Gasteiger partial charge in [0.1, 0.15) is 6.54 Å². The third kappa shape index (κ3) is 1.29. The summed E-state index contributed by atoms with van der Waals surface area (Å²) < 4.78 is 1.60. The molecule has 2 aliphatic heterocycles. The predicted molar refractivity (Wildman–Crippen MR) is 53.1 cm³/mol. The fraction of sp³-hybridized carbons (Fsp3) is 0.444. The second kappa shape index (κ2) is 2.82. The van der Waals surface area contributed by atoms with E-state index in [0.717, 1.165) is 24.3 Å². The SMILES string of the molecule is NC(=O)Cn1cc2c(n1)CN1C=NC2C1. The Morgan fingerprint density at radius 2 is 2.53 bits per heavy atom. The number of carbonyl (C=O) groups excluding carboxylic acids is 1. The molecule has 2 N–H and O–H groups in total. The van der Waals surface area contributed by atoms with Crippen LogP contribution in [0.2, 0.25) is 0 Å². The summed E-state index contributed by atoms with van der Waals surface area (Å²) in [5.41, 5.74) is 7.25. The van der Waals surface area contributed by atoms with E-state index in [-0.39, 0.29) is 18.5 Å². The summed E-state index contributed by atoms with van der Waals surface area (Å²) in [6, 6.07) is 0.190. The molecule has 0 saturated heterocycles. The lowest BCUT2D eigenvalue weighted by Crippen LogP contribution is -2.25. The first kappa shape index (κ1) is 8.46. The number of nitrogens with zero attached hydrogens (tertiary/aromatic N) is 4. The van der Waals surface area contributed by atoms with Crippen molar-refractivity contribution < 1.29 is 4.79 Å². The van der Waals surface area contributed by atoms with Gasteiger partial charge in [-0.1, -0.05) is 0 Å². The number of fused-ring (bicyclic) bond motifs is 4. The fourth-order valence-corrected chi connectivity index (χ4v) is 2.09. The molecule has 0 fully saturated rings. The van der Waals surface area contributed by atoms with Crippen LogP contribution in [0.1, 0.15) is 17.3 Å². The molecule has 0 radical (unpaired) electrons. The summed E-state index contributed by atoms with van der Waals surface area (Å²) in [4.78, 5) is 17.2. The smallest absolute Gasteiger partial charge is 0.239 e. The highest BCUT2D eigenvalue weighted by molar-refractivity contribution is 5.73. The van der Waals surface area contributed by atoms with Gasteiger partial charge in [-0.15, -0.1) is 0 Å². The monoisotopic (exact) mass is 205 g/mol. The van der Waals surface area contributed by atoms with E-state index in [1.807, 2.05) is 12.5 Å². The molecule has 3 rings (SSSR count). The Morgan fingerprint density at radius 1 is 1.67 bits per heavy atom. The minimum atomic E-state index is -0.371. The molecular weight excluding hydrogens is 194 g/mol. The molecule has 0 saturated carbocycles. The Bertz CT molecular complexity index is 449. The normalized spacial score (nSPS) is 21.9. The van der Waals surface area contributed by atoms with Crippen molar-refractivity contribution in [3.63, 3.8) is 0 Å². The predicted octanol–water partition coefficient (Wildman–Crippen LogP) is -0.733. The number of rotatable bonds is 2. The molecule has 6 heteroatoms. The molecule has 3 heterocycles. The molecule has 2 bridgehead atoms. The van der Waals surface area contributed by atoms with E-state index < -0.39 is 0 Å². The fourth-order valence-electron chi connectivity index (χ4n) is 2.09. The number of hydrogen-bond acceptors (Lipinski definition) is 4. The Morgan fingerprint density at radius 3 is 3.33 bits per heavy atom. The molecule has 0 spiro atoms. The Hall–Kier alpha value is -1.85. The van der Waals surface area contributed by atoms with Gasteiger partial charge in [0.05, 0.1) is 24.6 Å². The lowest BCUT2D eigenvalue weighted by Gasteiger charge is -2.20. The molecule has 0 aromatic carbocycles. The van der Waals surface area contributed by atoms with Gasteiger partial charge in [0.2, 0.25) is 5.91 Å². The molecule has 1 aromatic rings. The number of primary amides is 1. The Kier molecular flexibility index (Phi) is 1.59. The summed E-state index contributed by atoms with van der Waals surface area (Å²) in [6.07, 6.45) is 3.75. The molecule has 1 aromatic heterocycles. The average Bonchev–Trinajstić information content (AvgIpc) is 2.71. The van der Waals surface area contributed by atoms with E-state index in [9.17, 15) is 4.79 Å². The first-order valence-electron chi connectivity index (χ1n) is 4.84. The van der Waals surface area contributed by atoms with E-state index in [2.05, 4.69) is 15.0 Å². The van der Waals surface area contributed by atoms with Gasteiger partial charge in [0, 0.05) is 18.3 Å². The van der Waals surface area contributed by atoms with Crippen LogP contribution in [0.15, 0.2) is 11.2 Å². The zero-order valence-electron chi connectivity index (χ0n) is 8.13. The van der Waals surface area contributed by atoms with E-state index in [1.165, 1.54) is 0 Å². The van der Waals surface area contributed by atoms with Crippen LogP contribution in [-0.4, -0.2) is 33.5 Å². The van der Waals surface area contributed by atoms with Gasteiger partial charge >= 0.3 is 0 Å². The number of hydrogen-bond donors (Lipinski definition) is 1. The number of amides is 1. The van der Waals surface area contributed by atoms with E-state index >= 15 is 0 Å². The Labute approximate surface area is 86.4 Å². The van der Waals surface area contributed by atoms with Gasteiger partial charge in [-0.3, -0.25) is 14.5 Å². The zero-order valence-corrected chi connectivity index (χ0v) is 8.13. The van der Waals surface area contributed by atoms with Crippen LogP contribution >= 0.6 is 0 Å². The second-order valence-electron chi connectivity index (χ2n) is 3.90. The highest BCUT2D eigenvalue weighted by Gasteiger charge is 2.30. The number of aromatic nitrogens is 2. The van der Waals surface area contributed by atoms with Crippen LogP contribution in [-0.2, 0) is 17.9 Å². The zero-order chi connectivity index (χ0) is 10.4. The van der Waals surface area contributed by atoms with Crippen molar-refractivity contribution in [2.75, 3.05) is 6.54 Å². The van der Waals surface area contributed by atoms with Crippen molar-refractivity contribution >= 4 is 12.2 Å². The first-order chi connectivity index (χ1) is 7.22. The van der Waals surface area contributed by atoms with Gasteiger partial charge < -0.3 is 10.6 Å². The van der Waals surface area contributed by atoms with Crippen LogP contribution in [0, 0.1) is 0 Å². The first-order valence-corrected chi connectivity index (χ1v) is 4.84. The molecule has 0 aliphatic carbocycles. The molecule has 1 amide bonds. The summed E-state index contributed by atoms with van der Waals surface area (Å²) in [7, 11) is 0. The van der Waals surface area contributed by atoms with E-state index in [1.54, 1.807) is 4.68 Å². The maximum absolute atomic E-state index is 10.8. The summed E-state index contributed by atoms with van der Waals surface area (Å²) in [5.74, 6) is -0.371. The maximum atomic E-state index is 10.8. The minimum absolute atomic E-state index is 0.142.